The summed E-state index contributed by atoms with van der Waals surface area (Å²) in [5.41, 5.74) is 0.417. The average molecular weight is 296 g/mol. The summed E-state index contributed by atoms with van der Waals surface area (Å²) in [6, 6.07) is 1.70. The van der Waals surface area contributed by atoms with Crippen molar-refractivity contribution in [2.24, 2.45) is 0 Å². The van der Waals surface area contributed by atoms with Gasteiger partial charge in [-0.05, 0) is 24.6 Å². The number of rotatable bonds is 2. The molecule has 0 radical (unpaired) electrons. The first-order valence-electron chi connectivity index (χ1n) is 6.15. The van der Waals surface area contributed by atoms with Crippen molar-refractivity contribution in [2.45, 2.75) is 13.0 Å². The van der Waals surface area contributed by atoms with E-state index < -0.39 is 29.7 Å². The number of allylic oxidation sites excluding steroid dienone is 1. The van der Waals surface area contributed by atoms with E-state index in [9.17, 15) is 23.5 Å². The number of carbonyl (C=O) groups excluding carboxylic acids is 1. The maximum Gasteiger partial charge on any atom is 0.335 e. The van der Waals surface area contributed by atoms with Crippen molar-refractivity contribution in [1.29, 1.82) is 0 Å². The summed E-state index contributed by atoms with van der Waals surface area (Å²) in [5.74, 6) is -3.33. The van der Waals surface area contributed by atoms with Crippen molar-refractivity contribution in [2.75, 3.05) is 14.1 Å². The Kier molecular flexibility index (Phi) is 3.67. The van der Waals surface area contributed by atoms with Crippen LogP contribution in [0.15, 0.2) is 29.5 Å². The van der Waals surface area contributed by atoms with Crippen LogP contribution in [-0.4, -0.2) is 41.0 Å². The number of carboxylic acids is 1. The highest BCUT2D eigenvalue weighted by Crippen LogP contribution is 2.35. The summed E-state index contributed by atoms with van der Waals surface area (Å²) in [7, 11) is 2.87. The van der Waals surface area contributed by atoms with Crippen molar-refractivity contribution < 1.29 is 23.5 Å². The van der Waals surface area contributed by atoms with E-state index in [1.165, 1.54) is 36.9 Å². The minimum absolute atomic E-state index is 0.0504. The molecule has 7 heteroatoms. The monoisotopic (exact) mass is 296 g/mol. The normalized spacial score (nSPS) is 19.3. The highest BCUT2D eigenvalue weighted by Gasteiger charge is 2.38. The SMILES string of the molecule is CC1=C(C(=O)O)[C@H](c2ccc(F)c(F)c2)N(C)C(=O)N1C. The Balaban J connectivity index is 2.65. The van der Waals surface area contributed by atoms with Gasteiger partial charge in [0.2, 0.25) is 0 Å². The van der Waals surface area contributed by atoms with Crippen LogP contribution < -0.4 is 0 Å². The van der Waals surface area contributed by atoms with E-state index >= 15 is 0 Å². The van der Waals surface area contributed by atoms with E-state index in [0.717, 1.165) is 12.1 Å². The molecule has 0 bridgehead atoms. The molecule has 1 aliphatic heterocycles. The number of halogens is 2. The molecular formula is C14H14F2N2O3. The van der Waals surface area contributed by atoms with Gasteiger partial charge in [0.05, 0.1) is 11.6 Å². The summed E-state index contributed by atoms with van der Waals surface area (Å²) in [4.78, 5) is 26.0. The molecule has 1 atom stereocenters. The third-order valence-electron chi connectivity index (χ3n) is 3.63. The van der Waals surface area contributed by atoms with E-state index in [4.69, 9.17) is 0 Å². The molecule has 5 nitrogen and oxygen atoms in total. The first kappa shape index (κ1) is 15.0. The van der Waals surface area contributed by atoms with Crippen LogP contribution in [0.1, 0.15) is 18.5 Å². The third-order valence-corrected chi connectivity index (χ3v) is 3.63. The Bertz CT molecular complexity index is 658. The van der Waals surface area contributed by atoms with Gasteiger partial charge in [0, 0.05) is 19.8 Å². The highest BCUT2D eigenvalue weighted by atomic mass is 19.2. The second kappa shape index (κ2) is 5.16. The van der Waals surface area contributed by atoms with Gasteiger partial charge in [-0.3, -0.25) is 0 Å². The van der Waals surface area contributed by atoms with Crippen LogP contribution in [0.4, 0.5) is 13.6 Å². The number of hydrogen-bond acceptors (Lipinski definition) is 2. The van der Waals surface area contributed by atoms with E-state index in [-0.39, 0.29) is 16.8 Å². The molecular weight excluding hydrogens is 282 g/mol. The van der Waals surface area contributed by atoms with Gasteiger partial charge >= 0.3 is 12.0 Å². The van der Waals surface area contributed by atoms with Gasteiger partial charge in [-0.25, -0.2) is 18.4 Å². The number of hydrogen-bond donors (Lipinski definition) is 1. The van der Waals surface area contributed by atoms with Crippen LogP contribution in [0.3, 0.4) is 0 Å². The summed E-state index contributed by atoms with van der Waals surface area (Å²) in [6.07, 6.45) is 0. The second-order valence-electron chi connectivity index (χ2n) is 4.83. The predicted octanol–water partition coefficient (Wildman–Crippen LogP) is 2.36. The molecule has 2 rings (SSSR count). The lowest BCUT2D eigenvalue weighted by Gasteiger charge is -2.39. The van der Waals surface area contributed by atoms with Crippen molar-refractivity contribution in [3.63, 3.8) is 0 Å². The molecule has 1 aliphatic rings. The fraction of sp³-hybridized carbons (Fsp3) is 0.286. The zero-order valence-electron chi connectivity index (χ0n) is 11.7. The Labute approximate surface area is 120 Å². The van der Waals surface area contributed by atoms with Crippen LogP contribution in [0, 0.1) is 11.6 Å². The Morgan fingerprint density at radius 1 is 1.24 bits per heavy atom. The third kappa shape index (κ3) is 2.35. The fourth-order valence-corrected chi connectivity index (χ4v) is 2.41. The van der Waals surface area contributed by atoms with Gasteiger partial charge in [-0.15, -0.1) is 0 Å². The van der Waals surface area contributed by atoms with Gasteiger partial charge in [0.1, 0.15) is 0 Å². The van der Waals surface area contributed by atoms with Crippen LogP contribution in [0.5, 0.6) is 0 Å². The number of amides is 2. The van der Waals surface area contributed by atoms with Crippen molar-refractivity contribution in [1.82, 2.24) is 9.80 Å². The smallest absolute Gasteiger partial charge is 0.335 e. The highest BCUT2D eigenvalue weighted by molar-refractivity contribution is 5.93. The lowest BCUT2D eigenvalue weighted by atomic mass is 9.93. The molecule has 0 fully saturated rings. The van der Waals surface area contributed by atoms with E-state index in [0.29, 0.717) is 0 Å². The number of carbonyl (C=O) groups is 2. The molecule has 0 spiro atoms. The fourth-order valence-electron chi connectivity index (χ4n) is 2.41. The second-order valence-corrected chi connectivity index (χ2v) is 4.83. The summed E-state index contributed by atoms with van der Waals surface area (Å²) >= 11 is 0. The summed E-state index contributed by atoms with van der Waals surface area (Å²) in [5, 5.41) is 9.40. The zero-order valence-corrected chi connectivity index (χ0v) is 11.7. The number of benzene rings is 1. The first-order valence-corrected chi connectivity index (χ1v) is 6.15. The number of carboxylic acid groups (broad SMARTS) is 1. The Morgan fingerprint density at radius 2 is 1.86 bits per heavy atom. The molecule has 1 N–H and O–H groups in total. The number of urea groups is 1. The van der Waals surface area contributed by atoms with Crippen LogP contribution in [0.2, 0.25) is 0 Å². The standard InChI is InChI=1S/C14H14F2N2O3/c1-7-11(13(19)20)12(18(3)14(21)17(7)2)8-4-5-9(15)10(16)6-8/h4-6,12H,1-3H3,(H,19,20)/t12-/m0/s1. The number of likely N-dealkylation sites (N-methyl/N-ethyl adjacent to an activating group) is 1. The van der Waals surface area contributed by atoms with Crippen molar-refractivity contribution in [3.05, 3.63) is 46.7 Å². The Morgan fingerprint density at radius 3 is 2.38 bits per heavy atom. The quantitative estimate of drug-likeness (QED) is 0.911. The summed E-state index contributed by atoms with van der Waals surface area (Å²) in [6.45, 7) is 1.50. The summed E-state index contributed by atoms with van der Waals surface area (Å²) < 4.78 is 26.5. The lowest BCUT2D eigenvalue weighted by Crippen LogP contribution is -2.47. The maximum atomic E-state index is 13.4. The number of nitrogens with zero attached hydrogens (tertiary/aromatic N) is 2. The number of aliphatic carboxylic acids is 1. The van der Waals surface area contributed by atoms with Crippen molar-refractivity contribution >= 4 is 12.0 Å². The van der Waals surface area contributed by atoms with Crippen LogP contribution >= 0.6 is 0 Å². The van der Waals surface area contributed by atoms with E-state index in [2.05, 4.69) is 0 Å². The van der Waals surface area contributed by atoms with Crippen LogP contribution in [-0.2, 0) is 4.79 Å². The molecule has 112 valence electrons. The molecule has 1 heterocycles. The average Bonchev–Trinajstić information content (AvgIpc) is 2.43. The minimum atomic E-state index is -1.21. The molecule has 1 aromatic rings. The van der Waals surface area contributed by atoms with E-state index in [1.807, 2.05) is 0 Å². The van der Waals surface area contributed by atoms with Crippen LogP contribution in [0.25, 0.3) is 0 Å². The molecule has 1 aromatic carbocycles. The molecule has 0 aromatic heterocycles. The predicted molar refractivity (Wildman–Crippen MR) is 70.4 cm³/mol. The largest absolute Gasteiger partial charge is 0.478 e. The molecule has 0 saturated carbocycles. The van der Waals surface area contributed by atoms with Gasteiger partial charge in [-0.1, -0.05) is 6.07 Å². The lowest BCUT2D eigenvalue weighted by molar-refractivity contribution is -0.133. The Hall–Kier alpha value is -2.44. The zero-order chi connectivity index (χ0) is 15.9. The van der Waals surface area contributed by atoms with Gasteiger partial charge in [0.25, 0.3) is 0 Å². The molecule has 2 amide bonds. The molecule has 0 saturated heterocycles. The maximum absolute atomic E-state index is 13.4. The van der Waals surface area contributed by atoms with Gasteiger partial charge in [0.15, 0.2) is 11.6 Å². The molecule has 0 aliphatic carbocycles. The van der Waals surface area contributed by atoms with Gasteiger partial charge in [-0.2, -0.15) is 0 Å². The molecule has 21 heavy (non-hydrogen) atoms. The minimum Gasteiger partial charge on any atom is -0.478 e. The molecule has 0 unspecified atom stereocenters. The van der Waals surface area contributed by atoms with E-state index in [1.54, 1.807) is 0 Å². The first-order chi connectivity index (χ1) is 9.75. The van der Waals surface area contributed by atoms with Gasteiger partial charge < -0.3 is 14.9 Å². The van der Waals surface area contributed by atoms with Crippen molar-refractivity contribution in [3.8, 4) is 0 Å². The topological polar surface area (TPSA) is 60.9 Å².